The van der Waals surface area contributed by atoms with E-state index in [1.54, 1.807) is 0 Å². The Kier molecular flexibility index (Phi) is 3.25. The summed E-state index contributed by atoms with van der Waals surface area (Å²) in [7, 11) is 0. The topological polar surface area (TPSA) is 72.1 Å². The van der Waals surface area contributed by atoms with Gasteiger partial charge in [-0.15, -0.1) is 0 Å². The van der Waals surface area contributed by atoms with E-state index in [9.17, 15) is 4.79 Å². The molecule has 2 N–H and O–H groups in total. The number of amides is 1. The Balaban J connectivity index is 1.72. The zero-order chi connectivity index (χ0) is 17.0. The van der Waals surface area contributed by atoms with Crippen LogP contribution in [0, 0.1) is 5.92 Å². The Hall–Kier alpha value is -2.53. The van der Waals surface area contributed by atoms with Crippen LogP contribution < -0.4 is 5.73 Å². The van der Waals surface area contributed by atoms with E-state index in [-0.39, 0.29) is 5.91 Å². The number of aromatic nitrogens is 2. The van der Waals surface area contributed by atoms with Crippen molar-refractivity contribution >= 4 is 28.0 Å². The molecule has 126 valence electrons. The van der Waals surface area contributed by atoms with Crippen LogP contribution >= 0.6 is 0 Å². The van der Waals surface area contributed by atoms with Gasteiger partial charge in [0.15, 0.2) is 0 Å². The highest BCUT2D eigenvalue weighted by molar-refractivity contribution is 5.99. The SMILES string of the molecule is NC(=O)c1cc2nc3ccccc3nc2cc1C1CN2CCC1CC2. The zero-order valence-corrected chi connectivity index (χ0v) is 14.0. The Labute approximate surface area is 145 Å². The summed E-state index contributed by atoms with van der Waals surface area (Å²) in [5, 5.41) is 0. The number of hydrogen-bond donors (Lipinski definition) is 1. The molecule has 5 heteroatoms. The van der Waals surface area contributed by atoms with Crippen molar-refractivity contribution < 1.29 is 4.79 Å². The predicted octanol–water partition coefficient (Wildman–Crippen LogP) is 2.69. The van der Waals surface area contributed by atoms with Crippen molar-refractivity contribution in [2.45, 2.75) is 18.8 Å². The number of nitrogens with two attached hydrogens (primary N) is 1. The normalized spacial score (nSPS) is 25.5. The molecule has 0 spiro atoms. The minimum Gasteiger partial charge on any atom is -0.366 e. The Bertz CT molecular complexity index is 992. The summed E-state index contributed by atoms with van der Waals surface area (Å²) >= 11 is 0. The highest BCUT2D eigenvalue weighted by Crippen LogP contribution is 2.40. The second-order valence-electron chi connectivity index (χ2n) is 7.25. The van der Waals surface area contributed by atoms with Gasteiger partial charge in [-0.2, -0.15) is 0 Å². The van der Waals surface area contributed by atoms with E-state index in [1.165, 1.54) is 25.9 Å². The number of carbonyl (C=O) groups is 1. The lowest BCUT2D eigenvalue weighted by Crippen LogP contribution is -2.46. The van der Waals surface area contributed by atoms with E-state index in [0.29, 0.717) is 17.4 Å². The number of rotatable bonds is 2. The molecule has 4 heterocycles. The second-order valence-corrected chi connectivity index (χ2v) is 7.25. The molecular formula is C20H20N4O. The van der Waals surface area contributed by atoms with Crippen molar-refractivity contribution in [1.29, 1.82) is 0 Å². The third-order valence-corrected chi connectivity index (χ3v) is 5.83. The average molecular weight is 332 g/mol. The number of piperidine rings is 3. The summed E-state index contributed by atoms with van der Waals surface area (Å²) in [4.78, 5) is 24.1. The first-order valence-electron chi connectivity index (χ1n) is 8.91. The summed E-state index contributed by atoms with van der Waals surface area (Å²) in [5.41, 5.74) is 10.7. The van der Waals surface area contributed by atoms with Crippen LogP contribution in [0.4, 0.5) is 0 Å². The molecule has 3 aromatic rings. The summed E-state index contributed by atoms with van der Waals surface area (Å²) in [6, 6.07) is 11.7. The zero-order valence-electron chi connectivity index (χ0n) is 14.0. The quantitative estimate of drug-likeness (QED) is 0.732. The largest absolute Gasteiger partial charge is 0.366 e. The maximum atomic E-state index is 12.1. The lowest BCUT2D eigenvalue weighted by atomic mass is 9.74. The summed E-state index contributed by atoms with van der Waals surface area (Å²) in [6.07, 6.45) is 2.40. The lowest BCUT2D eigenvalue weighted by molar-refractivity contribution is 0.0856. The maximum absolute atomic E-state index is 12.1. The minimum absolute atomic E-state index is 0.364. The molecular weight excluding hydrogens is 312 g/mol. The molecule has 1 aromatic heterocycles. The van der Waals surface area contributed by atoms with E-state index in [1.807, 2.05) is 30.3 Å². The third kappa shape index (κ3) is 2.38. The van der Waals surface area contributed by atoms with Crippen LogP contribution in [-0.4, -0.2) is 40.4 Å². The molecule has 25 heavy (non-hydrogen) atoms. The molecule has 3 aliphatic heterocycles. The fourth-order valence-corrected chi connectivity index (χ4v) is 4.52. The van der Waals surface area contributed by atoms with Gasteiger partial charge in [-0.1, -0.05) is 12.1 Å². The first-order valence-corrected chi connectivity index (χ1v) is 8.91. The molecule has 1 amide bonds. The molecule has 3 saturated heterocycles. The van der Waals surface area contributed by atoms with Crippen LogP contribution in [0.2, 0.25) is 0 Å². The Morgan fingerprint density at radius 1 is 1.00 bits per heavy atom. The fraction of sp³-hybridized carbons (Fsp3) is 0.350. The first kappa shape index (κ1) is 14.8. The van der Waals surface area contributed by atoms with Crippen LogP contribution in [0.5, 0.6) is 0 Å². The minimum atomic E-state index is -0.372. The van der Waals surface area contributed by atoms with Gasteiger partial charge < -0.3 is 10.6 Å². The van der Waals surface area contributed by atoms with Gasteiger partial charge >= 0.3 is 0 Å². The van der Waals surface area contributed by atoms with Crippen molar-refractivity contribution in [1.82, 2.24) is 14.9 Å². The smallest absolute Gasteiger partial charge is 0.249 e. The molecule has 3 fully saturated rings. The Morgan fingerprint density at radius 3 is 2.20 bits per heavy atom. The van der Waals surface area contributed by atoms with Gasteiger partial charge in [0, 0.05) is 18.0 Å². The Morgan fingerprint density at radius 2 is 1.64 bits per heavy atom. The van der Waals surface area contributed by atoms with Crippen molar-refractivity contribution in [3.63, 3.8) is 0 Å². The summed E-state index contributed by atoms with van der Waals surface area (Å²) in [6.45, 7) is 3.35. The predicted molar refractivity (Wildman–Crippen MR) is 97.5 cm³/mol. The van der Waals surface area contributed by atoms with Crippen LogP contribution in [0.25, 0.3) is 22.1 Å². The van der Waals surface area contributed by atoms with E-state index in [2.05, 4.69) is 16.0 Å². The van der Waals surface area contributed by atoms with E-state index < -0.39 is 0 Å². The molecule has 2 bridgehead atoms. The average Bonchev–Trinajstić information content (AvgIpc) is 2.66. The lowest BCUT2D eigenvalue weighted by Gasteiger charge is -2.45. The van der Waals surface area contributed by atoms with Gasteiger partial charge in [-0.3, -0.25) is 4.79 Å². The summed E-state index contributed by atoms with van der Waals surface area (Å²) < 4.78 is 0. The summed E-state index contributed by atoms with van der Waals surface area (Å²) in [5.74, 6) is 0.625. The molecule has 0 radical (unpaired) electrons. The van der Waals surface area contributed by atoms with Crippen LogP contribution in [0.15, 0.2) is 36.4 Å². The highest BCUT2D eigenvalue weighted by Gasteiger charge is 2.36. The molecule has 0 aliphatic carbocycles. The second kappa shape index (κ2) is 5.49. The van der Waals surface area contributed by atoms with Crippen molar-refractivity contribution in [3.8, 4) is 0 Å². The molecule has 1 atom stereocenters. The van der Waals surface area contributed by atoms with Gasteiger partial charge in [-0.05, 0) is 61.7 Å². The fourth-order valence-electron chi connectivity index (χ4n) is 4.52. The monoisotopic (exact) mass is 332 g/mol. The van der Waals surface area contributed by atoms with Crippen LogP contribution in [-0.2, 0) is 0 Å². The van der Waals surface area contributed by atoms with Gasteiger partial charge in [0.05, 0.1) is 22.1 Å². The first-order chi connectivity index (χ1) is 12.2. The molecule has 3 aliphatic rings. The number of benzene rings is 2. The maximum Gasteiger partial charge on any atom is 0.249 e. The number of hydrogen-bond acceptors (Lipinski definition) is 4. The third-order valence-electron chi connectivity index (χ3n) is 5.83. The number of nitrogens with zero attached hydrogens (tertiary/aromatic N) is 3. The van der Waals surface area contributed by atoms with E-state index in [4.69, 9.17) is 10.7 Å². The molecule has 1 unspecified atom stereocenters. The van der Waals surface area contributed by atoms with Crippen molar-refractivity contribution in [2.75, 3.05) is 19.6 Å². The van der Waals surface area contributed by atoms with Gasteiger partial charge in [0.25, 0.3) is 0 Å². The molecule has 5 nitrogen and oxygen atoms in total. The van der Waals surface area contributed by atoms with E-state index in [0.717, 1.165) is 34.2 Å². The highest BCUT2D eigenvalue weighted by atomic mass is 16.1. The van der Waals surface area contributed by atoms with Gasteiger partial charge in [-0.25, -0.2) is 9.97 Å². The number of para-hydroxylation sites is 2. The van der Waals surface area contributed by atoms with Crippen molar-refractivity contribution in [2.24, 2.45) is 11.7 Å². The van der Waals surface area contributed by atoms with Crippen LogP contribution in [0.1, 0.15) is 34.7 Å². The molecule has 2 aromatic carbocycles. The molecule has 0 saturated carbocycles. The van der Waals surface area contributed by atoms with Crippen molar-refractivity contribution in [3.05, 3.63) is 47.5 Å². The van der Waals surface area contributed by atoms with Gasteiger partial charge in [0.2, 0.25) is 5.91 Å². The number of fused-ring (bicyclic) bond motifs is 5. The van der Waals surface area contributed by atoms with E-state index >= 15 is 0 Å². The standard InChI is InChI=1S/C20H20N4O/c21-20(25)14-10-19-18(22-16-3-1-2-4-17(16)23-19)9-13(14)15-11-24-7-5-12(15)6-8-24/h1-4,9-10,12,15H,5-8,11H2,(H2,21,25). The van der Waals surface area contributed by atoms with Gasteiger partial charge in [0.1, 0.15) is 0 Å². The molecule has 6 rings (SSSR count). The number of carbonyl (C=O) groups excluding carboxylic acids is 1. The number of primary amides is 1. The van der Waals surface area contributed by atoms with Crippen LogP contribution in [0.3, 0.4) is 0 Å².